The van der Waals surface area contributed by atoms with Crippen LogP contribution in [0.5, 0.6) is 0 Å². The van der Waals surface area contributed by atoms with Crippen LogP contribution in [-0.4, -0.2) is 27.9 Å². The van der Waals surface area contributed by atoms with Gasteiger partial charge in [-0.1, -0.05) is 12.1 Å². The van der Waals surface area contributed by atoms with Crippen molar-refractivity contribution in [2.45, 2.75) is 41.9 Å². The maximum absolute atomic E-state index is 15.8. The Balaban J connectivity index is 1.71. The molecule has 180 valence electrons. The van der Waals surface area contributed by atoms with Gasteiger partial charge in [0.2, 0.25) is 10.0 Å². The first kappa shape index (κ1) is 22.8. The Bertz CT molecular complexity index is 1320. The molecule has 1 aromatic carbocycles. The molecule has 3 heterocycles. The van der Waals surface area contributed by atoms with Gasteiger partial charge in [0.1, 0.15) is 28.1 Å². The summed E-state index contributed by atoms with van der Waals surface area (Å²) in [6, 6.07) is 2.03. The van der Waals surface area contributed by atoms with Gasteiger partial charge in [0.05, 0.1) is 12.2 Å². The number of rotatable bonds is 4. The second kappa shape index (κ2) is 7.54. The Kier molecular flexibility index (Phi) is 5.06. The third-order valence-electron chi connectivity index (χ3n) is 6.05. The van der Waals surface area contributed by atoms with E-state index in [1.54, 1.807) is 0 Å². The molecule has 2 unspecified atom stereocenters. The molecule has 0 amide bonds. The number of nitrogens with one attached hydrogen (secondary N) is 1. The van der Waals surface area contributed by atoms with Crippen LogP contribution in [0.1, 0.15) is 47.4 Å². The molecular weight excluding hydrogens is 486 g/mol. The summed E-state index contributed by atoms with van der Waals surface area (Å²) in [4.78, 5) is 2.52. The maximum atomic E-state index is 15.8. The molecule has 1 saturated carbocycles. The van der Waals surface area contributed by atoms with E-state index in [1.165, 1.54) is 0 Å². The molecule has 1 N–H and O–H groups in total. The van der Waals surface area contributed by atoms with E-state index in [0.29, 0.717) is 35.5 Å². The smallest absolute Gasteiger partial charge is 0.276 e. The number of hydrogen-bond acceptors (Lipinski definition) is 4. The van der Waals surface area contributed by atoms with Crippen molar-refractivity contribution in [3.05, 3.63) is 77.1 Å². The van der Waals surface area contributed by atoms with Crippen molar-refractivity contribution in [2.75, 3.05) is 0 Å². The molecule has 34 heavy (non-hydrogen) atoms. The lowest BCUT2D eigenvalue weighted by Gasteiger charge is -2.44. The number of hydrogen-bond donors (Lipinski definition) is 1. The van der Waals surface area contributed by atoms with E-state index in [9.17, 15) is 26.0 Å². The number of halogens is 6. The lowest BCUT2D eigenvalue weighted by atomic mass is 9.87. The minimum atomic E-state index is -4.81. The Morgan fingerprint density at radius 2 is 1.71 bits per heavy atom. The molecule has 0 bridgehead atoms. The molecule has 1 aliphatic carbocycles. The van der Waals surface area contributed by atoms with Crippen molar-refractivity contribution in [3.8, 4) is 0 Å². The molecule has 2 atom stereocenters. The fraction of sp³-hybridized carbons (Fsp3) is 0.333. The van der Waals surface area contributed by atoms with Gasteiger partial charge in [0.15, 0.2) is 0 Å². The van der Waals surface area contributed by atoms with E-state index in [2.05, 4.69) is 15.2 Å². The summed E-state index contributed by atoms with van der Waals surface area (Å²) in [5, 5.41) is 5.98. The monoisotopic (exact) mass is 502 g/mol. The molecule has 6 nitrogen and oxygen atoms in total. The third kappa shape index (κ3) is 3.57. The van der Waals surface area contributed by atoms with E-state index in [0.717, 1.165) is 30.5 Å². The Hall–Kier alpha value is -2.93. The lowest BCUT2D eigenvalue weighted by Crippen LogP contribution is -2.49. The maximum Gasteiger partial charge on any atom is 0.433 e. The third-order valence-corrected chi connectivity index (χ3v) is 7.88. The van der Waals surface area contributed by atoms with E-state index in [1.807, 2.05) is 0 Å². The first-order chi connectivity index (χ1) is 15.9. The van der Waals surface area contributed by atoms with Gasteiger partial charge in [0, 0.05) is 11.8 Å². The van der Waals surface area contributed by atoms with E-state index >= 15 is 8.78 Å². The number of alkyl halides is 5. The van der Waals surface area contributed by atoms with Crippen LogP contribution in [0.4, 0.5) is 26.3 Å². The largest absolute Gasteiger partial charge is 0.433 e. The molecule has 2 aliphatic rings. The lowest BCUT2D eigenvalue weighted by molar-refractivity contribution is -0.141. The second-order valence-electron chi connectivity index (χ2n) is 8.27. The average Bonchev–Trinajstić information content (AvgIpc) is 3.48. The van der Waals surface area contributed by atoms with Crippen LogP contribution in [0.3, 0.4) is 0 Å². The normalized spacial score (nSPS) is 23.0. The zero-order valence-corrected chi connectivity index (χ0v) is 17.9. The van der Waals surface area contributed by atoms with Gasteiger partial charge in [-0.05, 0) is 48.6 Å². The summed E-state index contributed by atoms with van der Waals surface area (Å²) in [7, 11) is -4.79. The number of benzene rings is 1. The van der Waals surface area contributed by atoms with Gasteiger partial charge >= 0.3 is 12.1 Å². The van der Waals surface area contributed by atoms with Crippen LogP contribution in [0.2, 0.25) is 0 Å². The SMILES string of the molecule is O=S(=O)(c1ccc(C(F)(F)F)nc1)N1C(C2CC2)c2cn[nH]c2C(F)(F)C1c1ccc(F)cc1. The number of H-pyrrole nitrogens is 1. The Morgan fingerprint density at radius 1 is 1.03 bits per heavy atom. The number of sulfonamides is 1. The molecule has 1 fully saturated rings. The minimum absolute atomic E-state index is 0.00527. The number of nitrogens with zero attached hydrogens (tertiary/aromatic N) is 3. The van der Waals surface area contributed by atoms with Crippen molar-refractivity contribution in [2.24, 2.45) is 5.92 Å². The van der Waals surface area contributed by atoms with Crippen molar-refractivity contribution in [1.82, 2.24) is 19.5 Å². The highest BCUT2D eigenvalue weighted by Crippen LogP contribution is 2.59. The minimum Gasteiger partial charge on any atom is -0.276 e. The van der Waals surface area contributed by atoms with Crippen LogP contribution < -0.4 is 0 Å². The summed E-state index contributed by atoms with van der Waals surface area (Å²) >= 11 is 0. The van der Waals surface area contributed by atoms with E-state index in [-0.39, 0.29) is 17.0 Å². The molecular formula is C21H16F6N4O2S. The summed E-state index contributed by atoms with van der Waals surface area (Å²) in [6.45, 7) is 0. The first-order valence-corrected chi connectivity index (χ1v) is 11.6. The predicted octanol–water partition coefficient (Wildman–Crippen LogP) is 4.95. The number of fused-ring (bicyclic) bond motifs is 1. The average molecular weight is 502 g/mol. The molecule has 1 aliphatic heterocycles. The van der Waals surface area contributed by atoms with Crippen molar-refractivity contribution in [1.29, 1.82) is 0 Å². The molecule has 2 aromatic heterocycles. The number of aromatic amines is 1. The molecule has 3 aromatic rings. The second-order valence-corrected chi connectivity index (χ2v) is 10.1. The van der Waals surface area contributed by atoms with Crippen LogP contribution >= 0.6 is 0 Å². The van der Waals surface area contributed by atoms with Gasteiger partial charge < -0.3 is 0 Å². The Morgan fingerprint density at radius 3 is 2.26 bits per heavy atom. The summed E-state index contributed by atoms with van der Waals surface area (Å²) < 4.78 is 112. The fourth-order valence-electron chi connectivity index (χ4n) is 4.37. The zero-order chi connectivity index (χ0) is 24.5. The van der Waals surface area contributed by atoms with Gasteiger partial charge in [-0.25, -0.2) is 12.8 Å². The van der Waals surface area contributed by atoms with E-state index < -0.39 is 56.3 Å². The van der Waals surface area contributed by atoms with Crippen molar-refractivity contribution in [3.63, 3.8) is 0 Å². The van der Waals surface area contributed by atoms with Crippen LogP contribution in [0, 0.1) is 11.7 Å². The van der Waals surface area contributed by atoms with Gasteiger partial charge in [-0.2, -0.15) is 31.4 Å². The van der Waals surface area contributed by atoms with Crippen LogP contribution in [0.25, 0.3) is 0 Å². The van der Waals surface area contributed by atoms with E-state index in [4.69, 9.17) is 0 Å². The molecule has 0 spiro atoms. The number of aromatic nitrogens is 3. The van der Waals surface area contributed by atoms with Gasteiger partial charge in [0.25, 0.3) is 0 Å². The standard InChI is InChI=1S/C21H16F6N4O2S/c22-13-5-3-12(4-6-13)19-20(23,24)18-15(10-29-30-18)17(11-1-2-11)31(19)34(32,33)14-7-8-16(28-9-14)21(25,26)27/h3-11,17,19H,1-2H2,(H,29,30). The topological polar surface area (TPSA) is 79.0 Å². The molecule has 0 radical (unpaired) electrons. The van der Waals surface area contributed by atoms with Crippen LogP contribution in [0.15, 0.2) is 53.7 Å². The number of pyridine rings is 1. The van der Waals surface area contributed by atoms with Crippen LogP contribution in [-0.2, 0) is 22.1 Å². The molecule has 0 saturated heterocycles. The first-order valence-electron chi connectivity index (χ1n) is 10.2. The highest BCUT2D eigenvalue weighted by Gasteiger charge is 2.61. The summed E-state index contributed by atoms with van der Waals surface area (Å²) in [5.74, 6) is -4.81. The quantitative estimate of drug-likeness (QED) is 0.512. The predicted molar refractivity (Wildman–Crippen MR) is 105 cm³/mol. The zero-order valence-electron chi connectivity index (χ0n) is 17.1. The van der Waals surface area contributed by atoms with Crippen molar-refractivity contribution < 1.29 is 34.8 Å². The molecule has 5 rings (SSSR count). The summed E-state index contributed by atoms with van der Waals surface area (Å²) in [6.07, 6.45) is -2.03. The van der Waals surface area contributed by atoms with Gasteiger partial charge in [-0.15, -0.1) is 0 Å². The highest BCUT2D eigenvalue weighted by molar-refractivity contribution is 7.89. The van der Waals surface area contributed by atoms with Gasteiger partial charge in [-0.3, -0.25) is 10.1 Å². The van der Waals surface area contributed by atoms with Crippen molar-refractivity contribution >= 4 is 10.0 Å². The highest BCUT2D eigenvalue weighted by atomic mass is 32.2. The fourth-order valence-corrected chi connectivity index (χ4v) is 6.15. The molecule has 13 heteroatoms. The summed E-state index contributed by atoms with van der Waals surface area (Å²) in [5.41, 5.74) is -2.05. The Labute approximate surface area is 189 Å².